The summed E-state index contributed by atoms with van der Waals surface area (Å²) in [6.45, 7) is 1.93. The molecule has 5 nitrogen and oxygen atoms in total. The van der Waals surface area contributed by atoms with Crippen LogP contribution in [0.3, 0.4) is 0 Å². The van der Waals surface area contributed by atoms with Crippen molar-refractivity contribution in [1.82, 2.24) is 19.6 Å². The van der Waals surface area contributed by atoms with E-state index in [4.69, 9.17) is 22.2 Å². The van der Waals surface area contributed by atoms with Crippen molar-refractivity contribution < 1.29 is 0 Å². The van der Waals surface area contributed by atoms with Crippen LogP contribution >= 0.6 is 0 Å². The van der Waals surface area contributed by atoms with E-state index in [0.29, 0.717) is 11.9 Å². The molecule has 3 rings (SSSR count). The fraction of sp³-hybridized carbons (Fsp3) is 0.609. The molecule has 2 aromatic heterocycles. The molecule has 0 unspecified atom stereocenters. The molecule has 0 aliphatic heterocycles. The molecule has 0 aromatic carbocycles. The summed E-state index contributed by atoms with van der Waals surface area (Å²) < 4.78 is 1.68. The Morgan fingerprint density at radius 2 is 1.54 bits per heavy atom. The summed E-state index contributed by atoms with van der Waals surface area (Å²) in [6.07, 6.45) is 24.6. The standard InChI is InChI=1S/C23H33N5/c1-3-4-17-20-18(2)25-23(24)28-22(20)26-21(27-28)19-15-13-11-9-7-5-6-8-10-12-14-16-19/h1,4,17,19H,5-16H2,2H3,(H2,24,25)/b17-4-. The van der Waals surface area contributed by atoms with Crippen LogP contribution in [0.5, 0.6) is 0 Å². The van der Waals surface area contributed by atoms with Gasteiger partial charge in [0.05, 0.1) is 5.69 Å². The Hall–Kier alpha value is -2.35. The summed E-state index contributed by atoms with van der Waals surface area (Å²) in [7, 11) is 0. The molecule has 5 heteroatoms. The highest BCUT2D eigenvalue weighted by molar-refractivity contribution is 5.69. The van der Waals surface area contributed by atoms with Crippen molar-refractivity contribution in [2.45, 2.75) is 89.9 Å². The lowest BCUT2D eigenvalue weighted by molar-refractivity contribution is 0.483. The molecule has 1 aliphatic carbocycles. The second-order valence-electron chi connectivity index (χ2n) is 7.98. The van der Waals surface area contributed by atoms with Crippen molar-refractivity contribution in [3.05, 3.63) is 23.2 Å². The molecule has 0 bridgehead atoms. The molecular formula is C23H33N5. The summed E-state index contributed by atoms with van der Waals surface area (Å²) in [5.41, 5.74) is 8.62. The number of nitrogens with zero attached hydrogens (tertiary/aromatic N) is 4. The second kappa shape index (κ2) is 10.3. The fourth-order valence-electron chi connectivity index (χ4n) is 4.20. The summed E-state index contributed by atoms with van der Waals surface area (Å²) in [5.74, 6) is 4.22. The Morgan fingerprint density at radius 3 is 2.11 bits per heavy atom. The van der Waals surface area contributed by atoms with E-state index in [1.807, 2.05) is 13.0 Å². The average Bonchev–Trinajstić information content (AvgIpc) is 3.12. The monoisotopic (exact) mass is 379 g/mol. The first kappa shape index (κ1) is 20.4. The van der Waals surface area contributed by atoms with Gasteiger partial charge in [0.15, 0.2) is 11.5 Å². The van der Waals surface area contributed by atoms with E-state index in [9.17, 15) is 0 Å². The van der Waals surface area contributed by atoms with Crippen LogP contribution < -0.4 is 5.73 Å². The van der Waals surface area contributed by atoms with Crippen LogP contribution in [0.4, 0.5) is 5.95 Å². The predicted molar refractivity (Wildman–Crippen MR) is 116 cm³/mol. The number of nitrogens with two attached hydrogens (primary N) is 1. The van der Waals surface area contributed by atoms with Gasteiger partial charge in [-0.1, -0.05) is 70.1 Å². The predicted octanol–water partition coefficient (Wildman–Crippen LogP) is 5.44. The number of terminal acetylenes is 1. The third-order valence-corrected chi connectivity index (χ3v) is 5.82. The molecule has 150 valence electrons. The Balaban J connectivity index is 1.87. The topological polar surface area (TPSA) is 69.1 Å². The van der Waals surface area contributed by atoms with Crippen molar-refractivity contribution in [3.8, 4) is 12.3 Å². The van der Waals surface area contributed by atoms with Crippen LogP contribution in [0.15, 0.2) is 6.08 Å². The second-order valence-corrected chi connectivity index (χ2v) is 7.98. The van der Waals surface area contributed by atoms with E-state index in [0.717, 1.165) is 35.6 Å². The summed E-state index contributed by atoms with van der Waals surface area (Å²) >= 11 is 0. The SMILES string of the molecule is C#C/C=C\c1c(C)nc(N)n2nc(C3CCCCCCCCCCCC3)nc12. The molecule has 2 aromatic rings. The quantitative estimate of drug-likeness (QED) is 0.705. The van der Waals surface area contributed by atoms with Gasteiger partial charge in [0.2, 0.25) is 5.95 Å². The zero-order valence-electron chi connectivity index (χ0n) is 17.2. The van der Waals surface area contributed by atoms with Crippen molar-refractivity contribution in [3.63, 3.8) is 0 Å². The van der Waals surface area contributed by atoms with E-state index < -0.39 is 0 Å². The Labute approximate surface area is 168 Å². The molecule has 1 saturated carbocycles. The Kier molecular flexibility index (Phi) is 7.47. The number of hydrogen-bond acceptors (Lipinski definition) is 4. The van der Waals surface area contributed by atoms with Gasteiger partial charge in [0.1, 0.15) is 0 Å². The molecule has 2 N–H and O–H groups in total. The summed E-state index contributed by atoms with van der Waals surface area (Å²) in [6, 6.07) is 0. The number of aromatic nitrogens is 4. The number of nitrogen functional groups attached to an aromatic ring is 1. The number of aryl methyl sites for hydroxylation is 1. The van der Waals surface area contributed by atoms with E-state index in [1.54, 1.807) is 10.6 Å². The highest BCUT2D eigenvalue weighted by atomic mass is 15.4. The maximum Gasteiger partial charge on any atom is 0.223 e. The first-order chi connectivity index (χ1) is 13.7. The normalized spacial score (nSPS) is 18.4. The highest BCUT2D eigenvalue weighted by Gasteiger charge is 2.20. The molecule has 2 heterocycles. The summed E-state index contributed by atoms with van der Waals surface area (Å²) in [5, 5.41) is 4.77. The number of rotatable bonds is 2. The van der Waals surface area contributed by atoms with Crippen LogP contribution in [-0.2, 0) is 0 Å². The third kappa shape index (κ3) is 5.13. The van der Waals surface area contributed by atoms with Gasteiger partial charge in [-0.05, 0) is 31.9 Å². The molecule has 0 atom stereocenters. The van der Waals surface area contributed by atoms with Crippen molar-refractivity contribution in [1.29, 1.82) is 0 Å². The van der Waals surface area contributed by atoms with E-state index in [-0.39, 0.29) is 0 Å². The number of anilines is 1. The molecule has 0 saturated heterocycles. The van der Waals surface area contributed by atoms with Crippen molar-refractivity contribution in [2.24, 2.45) is 0 Å². The van der Waals surface area contributed by atoms with Gasteiger partial charge < -0.3 is 5.73 Å². The molecule has 28 heavy (non-hydrogen) atoms. The molecule has 0 radical (unpaired) electrons. The molecular weight excluding hydrogens is 346 g/mol. The van der Waals surface area contributed by atoms with Crippen molar-refractivity contribution >= 4 is 17.7 Å². The van der Waals surface area contributed by atoms with Gasteiger partial charge in [-0.15, -0.1) is 11.5 Å². The first-order valence-electron chi connectivity index (χ1n) is 10.9. The maximum absolute atomic E-state index is 6.14. The van der Waals surface area contributed by atoms with Crippen LogP contribution in [0.2, 0.25) is 0 Å². The Bertz CT molecular complexity index is 829. The zero-order chi connectivity index (χ0) is 19.8. The number of hydrogen-bond donors (Lipinski definition) is 1. The lowest BCUT2D eigenvalue weighted by Crippen LogP contribution is -2.06. The van der Waals surface area contributed by atoms with Crippen LogP contribution in [0.1, 0.15) is 100 Å². The van der Waals surface area contributed by atoms with Crippen LogP contribution in [0, 0.1) is 19.3 Å². The van der Waals surface area contributed by atoms with Gasteiger partial charge in [-0.25, -0.2) is 9.97 Å². The minimum absolute atomic E-state index is 0.383. The summed E-state index contributed by atoms with van der Waals surface area (Å²) in [4.78, 5) is 9.34. The molecule has 0 spiro atoms. The Morgan fingerprint density at radius 1 is 0.964 bits per heavy atom. The average molecular weight is 380 g/mol. The lowest BCUT2D eigenvalue weighted by Gasteiger charge is -2.13. The largest absolute Gasteiger partial charge is 0.368 e. The van der Waals surface area contributed by atoms with Gasteiger partial charge in [-0.3, -0.25) is 0 Å². The van der Waals surface area contributed by atoms with Crippen molar-refractivity contribution in [2.75, 3.05) is 5.73 Å². The van der Waals surface area contributed by atoms with Gasteiger partial charge in [0, 0.05) is 11.5 Å². The smallest absolute Gasteiger partial charge is 0.223 e. The minimum atomic E-state index is 0.383. The highest BCUT2D eigenvalue weighted by Crippen LogP contribution is 2.29. The molecule has 1 fully saturated rings. The van der Waals surface area contributed by atoms with E-state index >= 15 is 0 Å². The molecule has 1 aliphatic rings. The first-order valence-corrected chi connectivity index (χ1v) is 10.9. The van der Waals surface area contributed by atoms with Gasteiger partial charge in [0.25, 0.3) is 0 Å². The van der Waals surface area contributed by atoms with Gasteiger partial charge >= 0.3 is 0 Å². The van der Waals surface area contributed by atoms with Crippen LogP contribution in [-0.4, -0.2) is 19.6 Å². The minimum Gasteiger partial charge on any atom is -0.368 e. The van der Waals surface area contributed by atoms with Crippen LogP contribution in [0.25, 0.3) is 11.7 Å². The van der Waals surface area contributed by atoms with E-state index in [2.05, 4.69) is 10.9 Å². The van der Waals surface area contributed by atoms with Gasteiger partial charge in [-0.2, -0.15) is 4.52 Å². The number of fused-ring (bicyclic) bond motifs is 1. The fourth-order valence-corrected chi connectivity index (χ4v) is 4.20. The lowest BCUT2D eigenvalue weighted by atomic mass is 9.94. The third-order valence-electron chi connectivity index (χ3n) is 5.82. The molecule has 0 amide bonds. The maximum atomic E-state index is 6.14. The van der Waals surface area contributed by atoms with E-state index in [1.165, 1.54) is 64.2 Å². The number of allylic oxidation sites excluding steroid dienone is 1. The zero-order valence-corrected chi connectivity index (χ0v) is 17.2.